The maximum absolute atomic E-state index is 13.6. The number of Topliss-reactive ketones (excluding diaryl/α,β-unsaturated/α-hetero) is 1. The molecule has 3 nitrogen and oxygen atoms in total. The number of ether oxygens (including phenoxy) is 2. The fourth-order valence-corrected chi connectivity index (χ4v) is 1.81. The van der Waals surface area contributed by atoms with Gasteiger partial charge in [0.25, 0.3) is 0 Å². The summed E-state index contributed by atoms with van der Waals surface area (Å²) in [6.07, 6.45) is -0.952. The van der Waals surface area contributed by atoms with Crippen molar-refractivity contribution in [1.29, 1.82) is 0 Å². The average molecular weight is 319 g/mol. The second kappa shape index (κ2) is 7.61. The lowest BCUT2D eigenvalue weighted by Crippen LogP contribution is -2.29. The van der Waals surface area contributed by atoms with Gasteiger partial charge in [0.05, 0.1) is 0 Å². The van der Waals surface area contributed by atoms with E-state index in [2.05, 4.69) is 15.9 Å². The molecule has 0 fully saturated rings. The predicted molar refractivity (Wildman–Crippen MR) is 69.9 cm³/mol. The maximum atomic E-state index is 13.6. The van der Waals surface area contributed by atoms with Gasteiger partial charge in [-0.1, -0.05) is 22.0 Å². The van der Waals surface area contributed by atoms with Crippen molar-refractivity contribution in [1.82, 2.24) is 0 Å². The van der Waals surface area contributed by atoms with Crippen molar-refractivity contribution in [3.05, 3.63) is 34.1 Å². The molecule has 0 spiro atoms. The number of rotatable bonds is 7. The van der Waals surface area contributed by atoms with Gasteiger partial charge >= 0.3 is 0 Å². The van der Waals surface area contributed by atoms with Crippen molar-refractivity contribution in [2.45, 2.75) is 26.6 Å². The summed E-state index contributed by atoms with van der Waals surface area (Å²) in [7, 11) is 0. The molecule has 0 bridgehead atoms. The van der Waals surface area contributed by atoms with Gasteiger partial charge in [-0.25, -0.2) is 4.39 Å². The van der Waals surface area contributed by atoms with Gasteiger partial charge in [0, 0.05) is 24.1 Å². The monoisotopic (exact) mass is 318 g/mol. The third-order valence-corrected chi connectivity index (χ3v) is 2.77. The largest absolute Gasteiger partial charge is 0.346 e. The zero-order chi connectivity index (χ0) is 13.5. The van der Waals surface area contributed by atoms with Crippen LogP contribution in [0.4, 0.5) is 4.39 Å². The summed E-state index contributed by atoms with van der Waals surface area (Å²) < 4.78 is 24.6. The van der Waals surface area contributed by atoms with Crippen LogP contribution in [0.1, 0.15) is 19.4 Å². The highest BCUT2D eigenvalue weighted by atomic mass is 79.9. The number of hydrogen-bond acceptors (Lipinski definition) is 3. The summed E-state index contributed by atoms with van der Waals surface area (Å²) in [6, 6.07) is 4.60. The van der Waals surface area contributed by atoms with Crippen LogP contribution in [0.5, 0.6) is 0 Å². The van der Waals surface area contributed by atoms with Gasteiger partial charge < -0.3 is 9.47 Å². The third-order valence-electron chi connectivity index (χ3n) is 2.28. The predicted octanol–water partition coefficient (Wildman–Crippen LogP) is 3.10. The molecule has 0 saturated carbocycles. The highest BCUT2D eigenvalue weighted by Crippen LogP contribution is 2.16. The van der Waals surface area contributed by atoms with Crippen molar-refractivity contribution in [2.24, 2.45) is 0 Å². The highest BCUT2D eigenvalue weighted by molar-refractivity contribution is 9.10. The number of ketones is 1. The maximum Gasteiger partial charge on any atom is 0.218 e. The summed E-state index contributed by atoms with van der Waals surface area (Å²) in [5.41, 5.74) is 0.340. The first-order chi connectivity index (χ1) is 8.58. The molecule has 0 aliphatic carbocycles. The van der Waals surface area contributed by atoms with Crippen molar-refractivity contribution in [3.8, 4) is 0 Å². The molecule has 1 rings (SSSR count). The first kappa shape index (κ1) is 15.3. The van der Waals surface area contributed by atoms with Gasteiger partial charge in [0.1, 0.15) is 5.82 Å². The van der Waals surface area contributed by atoms with Crippen LogP contribution in [0.2, 0.25) is 0 Å². The zero-order valence-electron chi connectivity index (χ0n) is 10.4. The lowest BCUT2D eigenvalue weighted by Gasteiger charge is -2.15. The molecule has 5 heteroatoms. The van der Waals surface area contributed by atoms with E-state index in [1.54, 1.807) is 26.0 Å². The summed E-state index contributed by atoms with van der Waals surface area (Å²) in [5.74, 6) is -0.690. The van der Waals surface area contributed by atoms with Crippen molar-refractivity contribution in [3.63, 3.8) is 0 Å². The Labute approximate surface area is 114 Å². The molecule has 0 aliphatic rings. The van der Waals surface area contributed by atoms with Crippen LogP contribution in [0.25, 0.3) is 0 Å². The topological polar surface area (TPSA) is 35.5 Å². The standard InChI is InChI=1S/C13H16BrFO3/c1-3-17-13(18-4-2)12(16)7-9-5-6-10(14)8-11(9)15/h5-6,8,13H,3-4,7H2,1-2H3. The third kappa shape index (κ3) is 4.48. The van der Waals surface area contributed by atoms with E-state index in [4.69, 9.17) is 9.47 Å². The Morgan fingerprint density at radius 1 is 1.33 bits per heavy atom. The van der Waals surface area contributed by atoms with Crippen LogP contribution in [0.15, 0.2) is 22.7 Å². The SMILES string of the molecule is CCOC(OCC)C(=O)Cc1ccc(Br)cc1F. The lowest BCUT2D eigenvalue weighted by molar-refractivity contribution is -0.167. The smallest absolute Gasteiger partial charge is 0.218 e. The molecule has 1 aromatic carbocycles. The first-order valence-electron chi connectivity index (χ1n) is 5.78. The summed E-state index contributed by atoms with van der Waals surface area (Å²) in [4.78, 5) is 11.9. The Balaban J connectivity index is 2.72. The van der Waals surface area contributed by atoms with Crippen LogP contribution in [-0.4, -0.2) is 25.3 Å². The molecule has 100 valence electrons. The van der Waals surface area contributed by atoms with Gasteiger partial charge in [0.2, 0.25) is 6.29 Å². The van der Waals surface area contributed by atoms with Crippen LogP contribution in [0.3, 0.4) is 0 Å². The minimum absolute atomic E-state index is 0.0379. The molecule has 0 heterocycles. The van der Waals surface area contributed by atoms with E-state index in [0.717, 1.165) is 0 Å². The van der Waals surface area contributed by atoms with Crippen molar-refractivity contribution in [2.75, 3.05) is 13.2 Å². The van der Waals surface area contributed by atoms with E-state index in [-0.39, 0.29) is 12.2 Å². The number of carbonyl (C=O) groups is 1. The van der Waals surface area contributed by atoms with E-state index < -0.39 is 12.1 Å². The second-order valence-corrected chi connectivity index (χ2v) is 4.54. The molecule has 0 N–H and O–H groups in total. The molecular weight excluding hydrogens is 303 g/mol. The van der Waals surface area contributed by atoms with Gasteiger partial charge in [-0.3, -0.25) is 4.79 Å². The van der Waals surface area contributed by atoms with E-state index in [1.165, 1.54) is 6.07 Å². The Kier molecular flexibility index (Phi) is 6.46. The average Bonchev–Trinajstić information content (AvgIpc) is 2.32. The van der Waals surface area contributed by atoms with Gasteiger partial charge in [0.15, 0.2) is 5.78 Å². The molecular formula is C13H16BrFO3. The van der Waals surface area contributed by atoms with Gasteiger partial charge in [-0.2, -0.15) is 0 Å². The summed E-state index contributed by atoms with van der Waals surface area (Å²) in [6.45, 7) is 4.30. The van der Waals surface area contributed by atoms with E-state index in [0.29, 0.717) is 23.2 Å². The van der Waals surface area contributed by atoms with Crippen molar-refractivity contribution < 1.29 is 18.7 Å². The minimum Gasteiger partial charge on any atom is -0.346 e. The Morgan fingerprint density at radius 3 is 2.44 bits per heavy atom. The molecule has 18 heavy (non-hydrogen) atoms. The molecule has 0 amide bonds. The zero-order valence-corrected chi connectivity index (χ0v) is 12.0. The highest BCUT2D eigenvalue weighted by Gasteiger charge is 2.20. The minimum atomic E-state index is -0.914. The second-order valence-electron chi connectivity index (χ2n) is 3.62. The van der Waals surface area contributed by atoms with Crippen LogP contribution < -0.4 is 0 Å². The van der Waals surface area contributed by atoms with E-state index >= 15 is 0 Å². The molecule has 0 unspecified atom stereocenters. The first-order valence-corrected chi connectivity index (χ1v) is 6.57. The molecule has 0 aliphatic heterocycles. The van der Waals surface area contributed by atoms with Crippen molar-refractivity contribution >= 4 is 21.7 Å². The molecule has 0 atom stereocenters. The van der Waals surface area contributed by atoms with Crippen LogP contribution >= 0.6 is 15.9 Å². The molecule has 0 radical (unpaired) electrons. The van der Waals surface area contributed by atoms with E-state index in [9.17, 15) is 9.18 Å². The van der Waals surface area contributed by atoms with Gasteiger partial charge in [-0.15, -0.1) is 0 Å². The van der Waals surface area contributed by atoms with Gasteiger partial charge in [-0.05, 0) is 31.5 Å². The molecule has 0 aromatic heterocycles. The van der Waals surface area contributed by atoms with Crippen LogP contribution in [0, 0.1) is 5.82 Å². The molecule has 1 aromatic rings. The number of hydrogen-bond donors (Lipinski definition) is 0. The fourth-order valence-electron chi connectivity index (χ4n) is 1.47. The Hall–Kier alpha value is -0.780. The fraction of sp³-hybridized carbons (Fsp3) is 0.462. The summed E-state index contributed by atoms with van der Waals surface area (Å²) in [5, 5.41) is 0. The molecule has 0 saturated heterocycles. The number of carbonyl (C=O) groups excluding carboxylic acids is 1. The quantitative estimate of drug-likeness (QED) is 0.725. The Bertz CT molecular complexity index is 403. The van der Waals surface area contributed by atoms with E-state index in [1.807, 2.05) is 0 Å². The summed E-state index contributed by atoms with van der Waals surface area (Å²) >= 11 is 3.17. The normalized spacial score (nSPS) is 10.9. The van der Waals surface area contributed by atoms with Crippen LogP contribution in [-0.2, 0) is 20.7 Å². The number of halogens is 2. The number of benzene rings is 1. The lowest BCUT2D eigenvalue weighted by atomic mass is 10.1. The Morgan fingerprint density at radius 2 is 1.94 bits per heavy atom.